The highest BCUT2D eigenvalue weighted by molar-refractivity contribution is 5.56. The average Bonchev–Trinajstić information content (AvgIpc) is 3.02. The lowest BCUT2D eigenvalue weighted by Crippen LogP contribution is -2.14. The Kier molecular flexibility index (Phi) is 4.58. The Bertz CT molecular complexity index is 1030. The summed E-state index contributed by atoms with van der Waals surface area (Å²) in [7, 11) is 0. The van der Waals surface area contributed by atoms with Crippen LogP contribution >= 0.6 is 0 Å². The lowest BCUT2D eigenvalue weighted by Gasteiger charge is -2.16. The first-order valence-electron chi connectivity index (χ1n) is 7.75. The Morgan fingerprint density at radius 3 is 2.33 bits per heavy atom. The largest absolute Gasteiger partial charge is 0.416 e. The zero-order chi connectivity index (χ0) is 19.9. The number of H-pyrrole nitrogens is 1. The third-order valence-electron chi connectivity index (χ3n) is 3.98. The predicted octanol–water partition coefficient (Wildman–Crippen LogP) is 3.85. The van der Waals surface area contributed by atoms with Crippen molar-refractivity contribution in [3.05, 3.63) is 69.5 Å². The van der Waals surface area contributed by atoms with Gasteiger partial charge in [-0.3, -0.25) is 9.48 Å². The second-order valence-corrected chi connectivity index (χ2v) is 5.95. The van der Waals surface area contributed by atoms with Gasteiger partial charge in [0, 0.05) is 23.4 Å². The quantitative estimate of drug-likeness (QED) is 0.698. The van der Waals surface area contributed by atoms with Crippen molar-refractivity contribution in [1.82, 2.24) is 19.7 Å². The standard InChI is InChI=1S/C17H13F5N4O/c1-8(16-12(18)3-11(4-13(16)19)17(20,21)22)26-7-10(6-23-26)14-5-15(27)25-9(2)24-14/h3-8H,1-2H3,(H,24,25,27)/t8-/m1/s1. The van der Waals surface area contributed by atoms with E-state index in [4.69, 9.17) is 0 Å². The van der Waals surface area contributed by atoms with Gasteiger partial charge < -0.3 is 4.98 Å². The molecule has 0 fully saturated rings. The van der Waals surface area contributed by atoms with Gasteiger partial charge in [0.25, 0.3) is 5.56 Å². The second kappa shape index (κ2) is 6.60. The molecule has 0 saturated carbocycles. The smallest absolute Gasteiger partial charge is 0.311 e. The molecular weight excluding hydrogens is 371 g/mol. The topological polar surface area (TPSA) is 63.6 Å². The molecule has 0 amide bonds. The van der Waals surface area contributed by atoms with Gasteiger partial charge in [-0.15, -0.1) is 0 Å². The van der Waals surface area contributed by atoms with Crippen molar-refractivity contribution in [3.63, 3.8) is 0 Å². The molecule has 0 aliphatic carbocycles. The van der Waals surface area contributed by atoms with Gasteiger partial charge in [0.2, 0.25) is 0 Å². The maximum Gasteiger partial charge on any atom is 0.416 e. The number of rotatable bonds is 3. The van der Waals surface area contributed by atoms with Gasteiger partial charge in [-0.05, 0) is 26.0 Å². The van der Waals surface area contributed by atoms with E-state index >= 15 is 0 Å². The van der Waals surface area contributed by atoms with Gasteiger partial charge in [-0.25, -0.2) is 13.8 Å². The fraction of sp³-hybridized carbons (Fsp3) is 0.235. The van der Waals surface area contributed by atoms with Crippen molar-refractivity contribution in [2.24, 2.45) is 0 Å². The molecule has 142 valence electrons. The molecule has 1 aromatic carbocycles. The summed E-state index contributed by atoms with van der Waals surface area (Å²) in [4.78, 5) is 18.2. The van der Waals surface area contributed by atoms with E-state index in [-0.39, 0.29) is 17.7 Å². The lowest BCUT2D eigenvalue weighted by molar-refractivity contribution is -0.138. The van der Waals surface area contributed by atoms with Crippen molar-refractivity contribution >= 4 is 0 Å². The number of hydrogen-bond acceptors (Lipinski definition) is 3. The predicted molar refractivity (Wildman–Crippen MR) is 86.0 cm³/mol. The van der Waals surface area contributed by atoms with Crippen LogP contribution in [0.5, 0.6) is 0 Å². The van der Waals surface area contributed by atoms with Crippen LogP contribution in [-0.4, -0.2) is 19.7 Å². The summed E-state index contributed by atoms with van der Waals surface area (Å²) in [6.45, 7) is 2.98. The molecule has 0 radical (unpaired) electrons. The lowest BCUT2D eigenvalue weighted by atomic mass is 10.0. The third-order valence-corrected chi connectivity index (χ3v) is 3.98. The van der Waals surface area contributed by atoms with Gasteiger partial charge in [-0.2, -0.15) is 18.3 Å². The molecule has 0 aliphatic rings. The molecule has 3 aromatic rings. The van der Waals surface area contributed by atoms with E-state index in [1.165, 1.54) is 30.1 Å². The molecule has 5 nitrogen and oxygen atoms in total. The highest BCUT2D eigenvalue weighted by Crippen LogP contribution is 2.34. The van der Waals surface area contributed by atoms with Gasteiger partial charge in [0.1, 0.15) is 17.5 Å². The fourth-order valence-electron chi connectivity index (χ4n) is 2.69. The molecule has 0 spiro atoms. The maximum atomic E-state index is 14.2. The van der Waals surface area contributed by atoms with Gasteiger partial charge in [0.05, 0.1) is 23.5 Å². The zero-order valence-electron chi connectivity index (χ0n) is 14.1. The van der Waals surface area contributed by atoms with Crippen molar-refractivity contribution in [2.75, 3.05) is 0 Å². The molecule has 1 atom stereocenters. The first-order valence-corrected chi connectivity index (χ1v) is 7.75. The second-order valence-electron chi connectivity index (χ2n) is 5.95. The Hall–Kier alpha value is -3.04. The van der Waals surface area contributed by atoms with E-state index in [1.54, 1.807) is 6.92 Å². The Balaban J connectivity index is 1.99. The molecule has 2 heterocycles. The van der Waals surface area contributed by atoms with E-state index in [0.29, 0.717) is 17.1 Å². The highest BCUT2D eigenvalue weighted by Gasteiger charge is 2.33. The van der Waals surface area contributed by atoms with Crippen LogP contribution in [0.1, 0.15) is 29.9 Å². The number of halogens is 5. The number of hydrogen-bond donors (Lipinski definition) is 1. The summed E-state index contributed by atoms with van der Waals surface area (Å²) in [5, 5.41) is 3.99. The first kappa shape index (κ1) is 18.7. The van der Waals surface area contributed by atoms with E-state index in [9.17, 15) is 26.7 Å². The van der Waals surface area contributed by atoms with Crippen molar-refractivity contribution in [1.29, 1.82) is 0 Å². The number of aryl methyl sites for hydroxylation is 1. The summed E-state index contributed by atoms with van der Waals surface area (Å²) in [5.74, 6) is -2.27. The summed E-state index contributed by atoms with van der Waals surface area (Å²) >= 11 is 0. The molecular formula is C17H13F5N4O. The Morgan fingerprint density at radius 2 is 1.78 bits per heavy atom. The minimum absolute atomic E-state index is 0.251. The van der Waals surface area contributed by atoms with Crippen molar-refractivity contribution in [3.8, 4) is 11.3 Å². The van der Waals surface area contributed by atoms with Gasteiger partial charge in [0.15, 0.2) is 0 Å². The SMILES string of the molecule is Cc1nc(-c2cnn([C@H](C)c3c(F)cc(C(F)(F)F)cc3F)c2)cc(=O)[nH]1. The molecule has 10 heteroatoms. The van der Waals surface area contributed by atoms with Crippen LogP contribution in [0.3, 0.4) is 0 Å². The van der Waals surface area contributed by atoms with E-state index in [1.807, 2.05) is 0 Å². The van der Waals surface area contributed by atoms with Crippen molar-refractivity contribution < 1.29 is 22.0 Å². The third kappa shape index (κ3) is 3.74. The minimum atomic E-state index is -4.85. The normalized spacial score (nSPS) is 13.0. The van der Waals surface area contributed by atoms with Crippen LogP contribution in [0.25, 0.3) is 11.3 Å². The number of alkyl halides is 3. The summed E-state index contributed by atoms with van der Waals surface area (Å²) in [6.07, 6.45) is -2.10. The van der Waals surface area contributed by atoms with Crippen LogP contribution in [0.15, 0.2) is 35.4 Å². The molecule has 0 bridgehead atoms. The zero-order valence-corrected chi connectivity index (χ0v) is 14.1. The van der Waals surface area contributed by atoms with Gasteiger partial charge >= 0.3 is 6.18 Å². The average molecular weight is 384 g/mol. The maximum absolute atomic E-state index is 14.2. The monoisotopic (exact) mass is 384 g/mol. The molecule has 0 saturated heterocycles. The van der Waals surface area contributed by atoms with E-state index in [2.05, 4.69) is 15.1 Å². The van der Waals surface area contributed by atoms with E-state index in [0.717, 1.165) is 0 Å². The number of nitrogens with one attached hydrogen (secondary N) is 1. The number of benzene rings is 1. The van der Waals surface area contributed by atoms with Crippen LogP contribution in [0, 0.1) is 18.6 Å². The fourth-order valence-corrected chi connectivity index (χ4v) is 2.69. The highest BCUT2D eigenvalue weighted by atomic mass is 19.4. The Labute approximate surface area is 149 Å². The van der Waals surface area contributed by atoms with Crippen LogP contribution in [0.4, 0.5) is 22.0 Å². The molecule has 3 rings (SSSR count). The molecule has 27 heavy (non-hydrogen) atoms. The summed E-state index contributed by atoms with van der Waals surface area (Å²) < 4.78 is 67.6. The number of nitrogens with zero attached hydrogens (tertiary/aromatic N) is 3. The van der Waals surface area contributed by atoms with Crippen LogP contribution in [-0.2, 0) is 6.18 Å². The minimum Gasteiger partial charge on any atom is -0.311 e. The van der Waals surface area contributed by atoms with Crippen LogP contribution in [0.2, 0.25) is 0 Å². The molecule has 2 aromatic heterocycles. The first-order chi connectivity index (χ1) is 12.6. The molecule has 0 unspecified atom stereocenters. The van der Waals surface area contributed by atoms with Crippen LogP contribution < -0.4 is 5.56 Å². The molecule has 0 aliphatic heterocycles. The Morgan fingerprint density at radius 1 is 1.15 bits per heavy atom. The summed E-state index contributed by atoms with van der Waals surface area (Å²) in [6, 6.07) is 0.712. The number of aromatic amines is 1. The number of aromatic nitrogens is 4. The van der Waals surface area contributed by atoms with Crippen molar-refractivity contribution in [2.45, 2.75) is 26.1 Å². The molecule has 1 N–H and O–H groups in total. The van der Waals surface area contributed by atoms with Gasteiger partial charge in [-0.1, -0.05) is 0 Å². The van der Waals surface area contributed by atoms with E-state index < -0.39 is 35.0 Å². The summed E-state index contributed by atoms with van der Waals surface area (Å²) in [5.41, 5.74) is -1.60.